The van der Waals surface area contributed by atoms with Gasteiger partial charge < -0.3 is 15.0 Å². The molecule has 2 amide bonds. The van der Waals surface area contributed by atoms with Crippen molar-refractivity contribution in [3.8, 4) is 11.1 Å². The van der Waals surface area contributed by atoms with Crippen LogP contribution in [0.2, 0.25) is 0 Å². The van der Waals surface area contributed by atoms with E-state index in [1.807, 2.05) is 54.6 Å². The fraction of sp³-hybridized carbons (Fsp3) is 0.318. The summed E-state index contributed by atoms with van der Waals surface area (Å²) in [7, 11) is 1.52. The monoisotopic (exact) mass is 380 g/mol. The molecule has 0 heterocycles. The summed E-state index contributed by atoms with van der Waals surface area (Å²) in [5.74, 6) is -1.07. The highest BCUT2D eigenvalue weighted by Crippen LogP contribution is 2.19. The van der Waals surface area contributed by atoms with Crippen LogP contribution in [0.1, 0.15) is 18.4 Å². The molecule has 2 aromatic carbocycles. The van der Waals surface area contributed by atoms with E-state index in [1.54, 1.807) is 0 Å². The predicted molar refractivity (Wildman–Crippen MR) is 105 cm³/mol. The summed E-state index contributed by atoms with van der Waals surface area (Å²) < 4.78 is 5.06. The molecule has 1 aliphatic carbocycles. The van der Waals surface area contributed by atoms with Gasteiger partial charge in [0.1, 0.15) is 0 Å². The number of amides is 2. The Hall–Kier alpha value is -3.15. The van der Waals surface area contributed by atoms with Crippen LogP contribution in [0, 0.1) is 0 Å². The summed E-state index contributed by atoms with van der Waals surface area (Å²) in [5, 5.41) is 2.81. The first-order valence-electron chi connectivity index (χ1n) is 9.34. The number of hydrogen-bond donors (Lipinski definition) is 1. The van der Waals surface area contributed by atoms with Gasteiger partial charge in [-0.3, -0.25) is 14.4 Å². The van der Waals surface area contributed by atoms with Crippen molar-refractivity contribution >= 4 is 17.8 Å². The number of esters is 1. The van der Waals surface area contributed by atoms with Crippen LogP contribution in [0.25, 0.3) is 11.1 Å². The third-order valence-corrected chi connectivity index (χ3v) is 4.52. The number of ether oxygens (including phenoxy) is 1. The highest BCUT2D eigenvalue weighted by atomic mass is 16.5. The van der Waals surface area contributed by atoms with Gasteiger partial charge in [-0.05, 0) is 29.5 Å². The van der Waals surface area contributed by atoms with E-state index in [2.05, 4.69) is 5.32 Å². The molecular formula is C22H24N2O4. The van der Waals surface area contributed by atoms with Crippen LogP contribution in [-0.4, -0.2) is 48.9 Å². The Morgan fingerprint density at radius 2 is 1.64 bits per heavy atom. The summed E-state index contributed by atoms with van der Waals surface area (Å²) in [6.07, 6.45) is 2.08. The maximum atomic E-state index is 12.0. The fourth-order valence-electron chi connectivity index (χ4n) is 2.72. The van der Waals surface area contributed by atoms with Crippen molar-refractivity contribution in [1.29, 1.82) is 0 Å². The van der Waals surface area contributed by atoms with E-state index in [0.29, 0.717) is 0 Å². The van der Waals surface area contributed by atoms with Gasteiger partial charge in [-0.15, -0.1) is 0 Å². The first-order chi connectivity index (χ1) is 13.5. The highest BCUT2D eigenvalue weighted by Gasteiger charge is 2.24. The van der Waals surface area contributed by atoms with Crippen molar-refractivity contribution in [2.75, 3.05) is 20.2 Å². The van der Waals surface area contributed by atoms with Gasteiger partial charge in [-0.2, -0.15) is 0 Å². The zero-order valence-corrected chi connectivity index (χ0v) is 15.9. The third-order valence-electron chi connectivity index (χ3n) is 4.52. The zero-order chi connectivity index (χ0) is 19.9. The molecule has 0 aromatic heterocycles. The number of nitrogens with zero attached hydrogens (tertiary/aromatic N) is 1. The van der Waals surface area contributed by atoms with Crippen molar-refractivity contribution in [3.63, 3.8) is 0 Å². The van der Waals surface area contributed by atoms with E-state index in [9.17, 15) is 14.4 Å². The fourth-order valence-corrected chi connectivity index (χ4v) is 2.72. The molecule has 0 bridgehead atoms. The molecular weight excluding hydrogens is 356 g/mol. The highest BCUT2D eigenvalue weighted by molar-refractivity contribution is 5.86. The van der Waals surface area contributed by atoms with Gasteiger partial charge in [0.25, 0.3) is 5.91 Å². The van der Waals surface area contributed by atoms with Crippen molar-refractivity contribution in [3.05, 3.63) is 60.2 Å². The summed E-state index contributed by atoms with van der Waals surface area (Å²) in [5.41, 5.74) is 2.99. The Morgan fingerprint density at radius 1 is 1.00 bits per heavy atom. The largest absolute Gasteiger partial charge is 0.455 e. The Bertz CT molecular complexity index is 829. The Balaban J connectivity index is 1.42. The quantitative estimate of drug-likeness (QED) is 0.712. The van der Waals surface area contributed by atoms with E-state index in [4.69, 9.17) is 4.74 Å². The lowest BCUT2D eigenvalue weighted by Crippen LogP contribution is -2.40. The molecule has 146 valence electrons. The summed E-state index contributed by atoms with van der Waals surface area (Å²) >= 11 is 0. The molecule has 0 radical (unpaired) electrons. The van der Waals surface area contributed by atoms with E-state index >= 15 is 0 Å². The van der Waals surface area contributed by atoms with Crippen molar-refractivity contribution in [2.45, 2.75) is 25.3 Å². The van der Waals surface area contributed by atoms with Gasteiger partial charge >= 0.3 is 5.97 Å². The van der Waals surface area contributed by atoms with Crippen molar-refractivity contribution in [1.82, 2.24) is 10.2 Å². The average Bonchev–Trinajstić information content (AvgIpc) is 3.51. The number of likely N-dealkylation sites (N-methyl/N-ethyl adjacent to an activating group) is 1. The van der Waals surface area contributed by atoms with Crippen LogP contribution in [0.4, 0.5) is 0 Å². The minimum atomic E-state index is -0.475. The normalized spacial score (nSPS) is 12.9. The number of benzene rings is 2. The smallest absolute Gasteiger partial charge is 0.310 e. The van der Waals surface area contributed by atoms with Crippen LogP contribution in [-0.2, 0) is 25.5 Å². The molecule has 6 heteroatoms. The zero-order valence-electron chi connectivity index (χ0n) is 15.9. The number of carbonyl (C=O) groups excluding carboxylic acids is 3. The van der Waals surface area contributed by atoms with Crippen LogP contribution >= 0.6 is 0 Å². The molecule has 2 aromatic rings. The molecule has 28 heavy (non-hydrogen) atoms. The van der Waals surface area contributed by atoms with Gasteiger partial charge in [-0.25, -0.2) is 0 Å². The molecule has 0 atom stereocenters. The van der Waals surface area contributed by atoms with Crippen LogP contribution in [0.3, 0.4) is 0 Å². The maximum absolute atomic E-state index is 12.0. The summed E-state index contributed by atoms with van der Waals surface area (Å²) in [4.78, 5) is 37.0. The second kappa shape index (κ2) is 9.17. The molecule has 1 fully saturated rings. The number of carbonyl (C=O) groups is 3. The number of hydrogen-bond acceptors (Lipinski definition) is 4. The third kappa shape index (κ3) is 5.94. The predicted octanol–water partition coefficient (Wildman–Crippen LogP) is 2.18. The molecule has 1 saturated carbocycles. The standard InChI is InChI=1S/C22H24N2O4/c1-24(14-20(25)23-19-11-12-19)21(26)15-28-22(27)13-16-7-9-18(10-8-16)17-5-3-2-4-6-17/h2-10,19H,11-15H2,1H3,(H,23,25). The molecule has 0 saturated heterocycles. The van der Waals surface area contributed by atoms with Crippen molar-refractivity contribution in [2.24, 2.45) is 0 Å². The van der Waals surface area contributed by atoms with Gasteiger partial charge in [0, 0.05) is 13.1 Å². The number of rotatable bonds is 8. The van der Waals surface area contributed by atoms with Crippen LogP contribution in [0.15, 0.2) is 54.6 Å². The van der Waals surface area contributed by atoms with Gasteiger partial charge in [-0.1, -0.05) is 54.6 Å². The average molecular weight is 380 g/mol. The second-order valence-corrected chi connectivity index (χ2v) is 6.99. The van der Waals surface area contributed by atoms with Gasteiger partial charge in [0.2, 0.25) is 5.91 Å². The minimum absolute atomic E-state index is 0.0339. The van der Waals surface area contributed by atoms with E-state index < -0.39 is 11.9 Å². The SMILES string of the molecule is CN(CC(=O)NC1CC1)C(=O)COC(=O)Cc1ccc(-c2ccccc2)cc1. The van der Waals surface area contributed by atoms with Gasteiger partial charge in [0.05, 0.1) is 13.0 Å². The lowest BCUT2D eigenvalue weighted by atomic mass is 10.0. The Morgan fingerprint density at radius 3 is 2.29 bits per heavy atom. The van der Waals surface area contributed by atoms with E-state index in [-0.39, 0.29) is 31.5 Å². The second-order valence-electron chi connectivity index (χ2n) is 6.99. The minimum Gasteiger partial charge on any atom is -0.455 e. The first-order valence-corrected chi connectivity index (χ1v) is 9.34. The Kier molecular flexibility index (Phi) is 6.42. The first kappa shape index (κ1) is 19.6. The van der Waals surface area contributed by atoms with Crippen LogP contribution in [0.5, 0.6) is 0 Å². The molecule has 0 unspecified atom stereocenters. The van der Waals surface area contributed by atoms with E-state index in [1.165, 1.54) is 11.9 Å². The topological polar surface area (TPSA) is 75.7 Å². The molecule has 0 aliphatic heterocycles. The van der Waals surface area contributed by atoms with E-state index in [0.717, 1.165) is 29.5 Å². The van der Waals surface area contributed by atoms with Crippen LogP contribution < -0.4 is 5.32 Å². The summed E-state index contributed by atoms with van der Waals surface area (Å²) in [6, 6.07) is 17.9. The lowest BCUT2D eigenvalue weighted by molar-refractivity contribution is -0.151. The molecule has 3 rings (SSSR count). The van der Waals surface area contributed by atoms with Crippen molar-refractivity contribution < 1.29 is 19.1 Å². The lowest BCUT2D eigenvalue weighted by Gasteiger charge is -2.16. The molecule has 1 N–H and O–H groups in total. The summed E-state index contributed by atoms with van der Waals surface area (Å²) in [6.45, 7) is -0.401. The Labute approximate surface area is 164 Å². The van der Waals surface area contributed by atoms with Gasteiger partial charge in [0.15, 0.2) is 6.61 Å². The molecule has 0 spiro atoms. The maximum Gasteiger partial charge on any atom is 0.310 e. The number of nitrogens with one attached hydrogen (secondary N) is 1. The molecule has 1 aliphatic rings. The molecule has 6 nitrogen and oxygen atoms in total.